The average molecular weight is 847 g/mol. The Morgan fingerprint density at radius 3 is 0.682 bits per heavy atom. The number of rotatable bonds is 6. The SMILES string of the molecule is Cc1cc(-c2nc(-c3ccc(-n4c5ccccc5c5ccccc54)c(C)c3)nc(-c3ccc(-n4c5ccccc5c5ccccc54)c(C)c3)n2)ccc1-n1c2ccccc2c2ccccc21. The van der Waals surface area contributed by atoms with Gasteiger partial charge in [0.05, 0.1) is 33.1 Å². The molecule has 0 saturated carbocycles. The lowest BCUT2D eigenvalue weighted by Crippen LogP contribution is -2.03. The molecule has 0 saturated heterocycles. The third-order valence-corrected chi connectivity index (χ3v) is 13.5. The molecule has 0 aliphatic heterocycles. The van der Waals surface area contributed by atoms with Gasteiger partial charge in [0.25, 0.3) is 0 Å². The van der Waals surface area contributed by atoms with E-state index in [0.29, 0.717) is 17.5 Å². The summed E-state index contributed by atoms with van der Waals surface area (Å²) in [5.74, 6) is 1.88. The van der Waals surface area contributed by atoms with Crippen LogP contribution in [0.1, 0.15) is 16.7 Å². The minimum absolute atomic E-state index is 0.625. The van der Waals surface area contributed by atoms with Crippen molar-refractivity contribution in [3.05, 3.63) is 217 Å². The van der Waals surface area contributed by atoms with E-state index < -0.39 is 0 Å². The second kappa shape index (κ2) is 14.7. The zero-order valence-electron chi connectivity index (χ0n) is 36.7. The molecule has 13 aromatic rings. The van der Waals surface area contributed by atoms with E-state index in [1.165, 1.54) is 65.4 Å². The average Bonchev–Trinajstić information content (AvgIpc) is 4.00. The molecule has 0 spiro atoms. The molecule has 0 N–H and O–H groups in total. The van der Waals surface area contributed by atoms with Gasteiger partial charge < -0.3 is 13.7 Å². The van der Waals surface area contributed by atoms with Crippen molar-refractivity contribution in [2.75, 3.05) is 0 Å². The van der Waals surface area contributed by atoms with Crippen LogP contribution < -0.4 is 0 Å². The van der Waals surface area contributed by atoms with Gasteiger partial charge in [-0.05, 0) is 128 Å². The Balaban J connectivity index is 0.969. The molecule has 0 aliphatic rings. The Labute approximate surface area is 381 Å². The van der Waals surface area contributed by atoms with E-state index in [2.05, 4.69) is 235 Å². The predicted octanol–water partition coefficient (Wildman–Crippen LogP) is 15.1. The van der Waals surface area contributed by atoms with Crippen molar-refractivity contribution in [3.63, 3.8) is 0 Å². The number of para-hydroxylation sites is 6. The van der Waals surface area contributed by atoms with Crippen LogP contribution in [-0.2, 0) is 0 Å². The van der Waals surface area contributed by atoms with E-state index in [-0.39, 0.29) is 0 Å². The summed E-state index contributed by atoms with van der Waals surface area (Å²) in [5, 5.41) is 7.43. The summed E-state index contributed by atoms with van der Waals surface area (Å²) >= 11 is 0. The van der Waals surface area contributed by atoms with Crippen molar-refractivity contribution in [2.24, 2.45) is 0 Å². The Hall–Kier alpha value is -8.61. The van der Waals surface area contributed by atoms with Gasteiger partial charge in [-0.3, -0.25) is 0 Å². The smallest absolute Gasteiger partial charge is 0.164 e. The molecule has 6 nitrogen and oxygen atoms in total. The predicted molar refractivity (Wildman–Crippen MR) is 273 cm³/mol. The van der Waals surface area contributed by atoms with E-state index in [1.54, 1.807) is 0 Å². The molecule has 0 unspecified atom stereocenters. The molecule has 312 valence electrons. The highest BCUT2D eigenvalue weighted by Gasteiger charge is 2.20. The van der Waals surface area contributed by atoms with Crippen LogP contribution in [0.2, 0.25) is 0 Å². The van der Waals surface area contributed by atoms with Gasteiger partial charge in [0.15, 0.2) is 17.5 Å². The molecule has 4 aromatic heterocycles. The maximum atomic E-state index is 5.28. The second-order valence-electron chi connectivity index (χ2n) is 17.4. The molecule has 0 atom stereocenters. The lowest BCUT2D eigenvalue weighted by molar-refractivity contribution is 1.06. The number of hydrogen-bond acceptors (Lipinski definition) is 3. The summed E-state index contributed by atoms with van der Waals surface area (Å²) in [6, 6.07) is 71.6. The van der Waals surface area contributed by atoms with Crippen LogP contribution in [-0.4, -0.2) is 28.7 Å². The van der Waals surface area contributed by atoms with Gasteiger partial charge >= 0.3 is 0 Å². The molecular weight excluding hydrogens is 805 g/mol. The van der Waals surface area contributed by atoms with Gasteiger partial charge in [0, 0.05) is 66.1 Å². The van der Waals surface area contributed by atoms with Crippen molar-refractivity contribution >= 4 is 65.4 Å². The molecule has 0 radical (unpaired) electrons. The van der Waals surface area contributed by atoms with E-state index >= 15 is 0 Å². The first-order chi connectivity index (χ1) is 32.5. The summed E-state index contributed by atoms with van der Waals surface area (Å²) in [7, 11) is 0. The van der Waals surface area contributed by atoms with Gasteiger partial charge in [-0.2, -0.15) is 0 Å². The quantitative estimate of drug-likeness (QED) is 0.167. The van der Waals surface area contributed by atoms with Crippen molar-refractivity contribution in [1.29, 1.82) is 0 Å². The Kier molecular flexibility index (Phi) is 8.46. The first-order valence-electron chi connectivity index (χ1n) is 22.5. The van der Waals surface area contributed by atoms with Gasteiger partial charge in [0.1, 0.15) is 0 Å². The Morgan fingerprint density at radius 1 is 0.258 bits per heavy atom. The van der Waals surface area contributed by atoms with Crippen molar-refractivity contribution in [2.45, 2.75) is 20.8 Å². The first kappa shape index (κ1) is 37.9. The minimum Gasteiger partial charge on any atom is -0.309 e. The lowest BCUT2D eigenvalue weighted by atomic mass is 10.1. The van der Waals surface area contributed by atoms with Crippen LogP contribution in [0, 0.1) is 20.8 Å². The first-order valence-corrected chi connectivity index (χ1v) is 22.5. The molecule has 0 fully saturated rings. The topological polar surface area (TPSA) is 53.5 Å². The van der Waals surface area contributed by atoms with Crippen LogP contribution in [0.4, 0.5) is 0 Å². The third-order valence-electron chi connectivity index (χ3n) is 13.5. The maximum absolute atomic E-state index is 5.28. The van der Waals surface area contributed by atoms with Crippen LogP contribution in [0.25, 0.3) is 117 Å². The van der Waals surface area contributed by atoms with Crippen molar-refractivity contribution < 1.29 is 0 Å². The number of aryl methyl sites for hydroxylation is 3. The van der Waals surface area contributed by atoms with Crippen LogP contribution in [0.15, 0.2) is 200 Å². The molecule has 0 amide bonds. The largest absolute Gasteiger partial charge is 0.309 e. The number of aromatic nitrogens is 6. The van der Waals surface area contributed by atoms with E-state index in [0.717, 1.165) is 50.4 Å². The molecule has 0 bridgehead atoms. The minimum atomic E-state index is 0.625. The van der Waals surface area contributed by atoms with Gasteiger partial charge in [-0.15, -0.1) is 0 Å². The van der Waals surface area contributed by atoms with E-state index in [1.807, 2.05) is 0 Å². The summed E-state index contributed by atoms with van der Waals surface area (Å²) in [6.07, 6.45) is 0. The fourth-order valence-electron chi connectivity index (χ4n) is 10.4. The summed E-state index contributed by atoms with van der Waals surface area (Å²) in [5.41, 5.74) is 16.6. The van der Waals surface area contributed by atoms with Crippen LogP contribution in [0.5, 0.6) is 0 Å². The normalized spacial score (nSPS) is 11.9. The number of benzene rings is 9. The van der Waals surface area contributed by atoms with Crippen LogP contribution >= 0.6 is 0 Å². The fraction of sp³-hybridized carbons (Fsp3) is 0.0500. The monoisotopic (exact) mass is 846 g/mol. The molecule has 66 heavy (non-hydrogen) atoms. The van der Waals surface area contributed by atoms with Gasteiger partial charge in [-0.25, -0.2) is 15.0 Å². The highest BCUT2D eigenvalue weighted by molar-refractivity contribution is 6.11. The van der Waals surface area contributed by atoms with E-state index in [4.69, 9.17) is 15.0 Å². The highest BCUT2D eigenvalue weighted by Crippen LogP contribution is 2.38. The third kappa shape index (κ3) is 5.78. The molecule has 9 aromatic carbocycles. The summed E-state index contributed by atoms with van der Waals surface area (Å²) < 4.78 is 7.12. The van der Waals surface area contributed by atoms with Crippen molar-refractivity contribution in [3.8, 4) is 51.2 Å². The molecule has 4 heterocycles. The van der Waals surface area contributed by atoms with Gasteiger partial charge in [0.2, 0.25) is 0 Å². The number of hydrogen-bond donors (Lipinski definition) is 0. The van der Waals surface area contributed by atoms with Gasteiger partial charge in [-0.1, -0.05) is 109 Å². The standard InChI is InChI=1S/C60H42N6/c1-37-34-40(28-31-49(37)64-52-22-10-4-16-43(52)44-17-5-11-23-53(44)64)58-61-59(41-29-32-50(38(2)35-41)65-54-24-12-6-18-45(54)46-19-7-13-25-55(46)65)63-60(62-58)42-30-33-51(39(3)36-42)66-56-26-14-8-20-47(56)48-21-9-15-27-57(48)66/h4-36H,1-3H3. The number of nitrogens with zero attached hydrogens (tertiary/aromatic N) is 6. The molecular formula is C60H42N6. The highest BCUT2D eigenvalue weighted by atomic mass is 15.0. The molecule has 0 aliphatic carbocycles. The van der Waals surface area contributed by atoms with Crippen LogP contribution in [0.3, 0.4) is 0 Å². The maximum Gasteiger partial charge on any atom is 0.164 e. The zero-order chi connectivity index (χ0) is 44.0. The second-order valence-corrected chi connectivity index (χ2v) is 17.4. The zero-order valence-corrected chi connectivity index (χ0v) is 36.7. The van der Waals surface area contributed by atoms with Crippen molar-refractivity contribution in [1.82, 2.24) is 28.7 Å². The molecule has 6 heteroatoms. The molecule has 13 rings (SSSR count). The Bertz CT molecular complexity index is 3510. The fourth-order valence-corrected chi connectivity index (χ4v) is 10.4. The summed E-state index contributed by atoms with van der Waals surface area (Å²) in [6.45, 7) is 6.54. The Morgan fingerprint density at radius 2 is 0.470 bits per heavy atom. The van der Waals surface area contributed by atoms with E-state index in [9.17, 15) is 0 Å². The summed E-state index contributed by atoms with van der Waals surface area (Å²) in [4.78, 5) is 15.8. The lowest BCUT2D eigenvalue weighted by Gasteiger charge is -2.15. The number of fused-ring (bicyclic) bond motifs is 9.